The minimum Gasteiger partial charge on any atom is -0.469 e. The molecule has 1 aromatic carbocycles. The summed E-state index contributed by atoms with van der Waals surface area (Å²) in [5, 5.41) is 3.42. The van der Waals surface area contributed by atoms with Crippen molar-refractivity contribution in [3.05, 3.63) is 34.9 Å². The average Bonchev–Trinajstić information content (AvgIpc) is 2.47. The molecule has 0 saturated carbocycles. The molecule has 0 spiro atoms. The molecule has 2 rings (SSSR count). The molecule has 0 aromatic heterocycles. The Labute approximate surface area is 116 Å². The van der Waals surface area contributed by atoms with Crippen LogP contribution in [0.1, 0.15) is 43.5 Å². The Hall–Kier alpha value is -1.35. The lowest BCUT2D eigenvalue weighted by atomic mass is 9.85. The first-order valence-electron chi connectivity index (χ1n) is 7.04. The molecule has 1 aliphatic heterocycles. The molecule has 106 valence electrons. The molecule has 1 heterocycles. The molecule has 0 bridgehead atoms. The van der Waals surface area contributed by atoms with E-state index in [4.69, 9.17) is 4.74 Å². The van der Waals surface area contributed by atoms with E-state index in [1.165, 1.54) is 23.8 Å². The van der Waals surface area contributed by atoms with Crippen LogP contribution in [-0.4, -0.2) is 19.6 Å². The highest BCUT2D eigenvalue weighted by molar-refractivity contribution is 5.73. The third-order valence-electron chi connectivity index (χ3n) is 3.59. The van der Waals surface area contributed by atoms with E-state index >= 15 is 0 Å². The van der Waals surface area contributed by atoms with Crippen molar-refractivity contribution >= 4 is 5.97 Å². The predicted molar refractivity (Wildman–Crippen MR) is 78.2 cm³/mol. The van der Waals surface area contributed by atoms with Gasteiger partial charge in [-0.3, -0.25) is 4.79 Å². The second kappa shape index (κ2) is 7.29. The lowest BCUT2D eigenvalue weighted by Gasteiger charge is -2.31. The van der Waals surface area contributed by atoms with Crippen molar-refractivity contribution < 1.29 is 9.53 Å². The maximum absolute atomic E-state index is 11.6. The first-order chi connectivity index (χ1) is 9.15. The zero-order valence-electron chi connectivity index (χ0n) is 12.6. The largest absolute Gasteiger partial charge is 0.469 e. The number of hydrogen-bond donors (Lipinski definition) is 1. The van der Waals surface area contributed by atoms with E-state index in [2.05, 4.69) is 30.4 Å². The molecule has 19 heavy (non-hydrogen) atoms. The Bertz CT molecular complexity index is 429. The number of nitrogens with one attached hydrogen (secondary N) is 1. The summed E-state index contributed by atoms with van der Waals surface area (Å²) in [6.07, 6.45) is 1.03. The van der Waals surface area contributed by atoms with Crippen molar-refractivity contribution in [2.45, 2.75) is 40.2 Å². The Kier molecular flexibility index (Phi) is 6.03. The number of benzene rings is 1. The molecule has 0 amide bonds. The lowest BCUT2D eigenvalue weighted by Crippen LogP contribution is -2.37. The first kappa shape index (κ1) is 15.7. The van der Waals surface area contributed by atoms with Crippen molar-refractivity contribution in [3.63, 3.8) is 0 Å². The van der Waals surface area contributed by atoms with Gasteiger partial charge in [0.05, 0.1) is 13.0 Å². The van der Waals surface area contributed by atoms with Crippen molar-refractivity contribution in [1.82, 2.24) is 5.32 Å². The standard InChI is InChI=1S/C14H19NO2.C2H6/c1-9-5-4-6-12-11(9)7-8-15-13(12)10(2)14(16)17-3;1-2/h4-6,10,13,15H,7-8H2,1-3H3;1-2H3. The van der Waals surface area contributed by atoms with Gasteiger partial charge in [0.2, 0.25) is 0 Å². The van der Waals surface area contributed by atoms with E-state index < -0.39 is 0 Å². The van der Waals surface area contributed by atoms with Crippen LogP contribution in [0.25, 0.3) is 0 Å². The summed E-state index contributed by atoms with van der Waals surface area (Å²) in [5.41, 5.74) is 3.94. The number of fused-ring (bicyclic) bond motifs is 1. The predicted octanol–water partition coefficient (Wildman–Crippen LogP) is 3.02. The van der Waals surface area contributed by atoms with Gasteiger partial charge in [-0.25, -0.2) is 0 Å². The number of esters is 1. The van der Waals surface area contributed by atoms with Crippen molar-refractivity contribution in [1.29, 1.82) is 0 Å². The molecule has 0 aliphatic carbocycles. The number of carbonyl (C=O) groups excluding carboxylic acids is 1. The SMILES string of the molecule is CC.COC(=O)C(C)C1NCCc2c(C)cccc21. The van der Waals surface area contributed by atoms with Crippen LogP contribution < -0.4 is 5.32 Å². The molecule has 1 aromatic rings. The van der Waals surface area contributed by atoms with Gasteiger partial charge in [0.25, 0.3) is 0 Å². The summed E-state index contributed by atoms with van der Waals surface area (Å²) in [6.45, 7) is 8.97. The molecule has 3 heteroatoms. The quantitative estimate of drug-likeness (QED) is 0.834. The summed E-state index contributed by atoms with van der Waals surface area (Å²) in [5.74, 6) is -0.308. The highest BCUT2D eigenvalue weighted by Crippen LogP contribution is 2.30. The van der Waals surface area contributed by atoms with E-state index in [1.54, 1.807) is 0 Å². The normalized spacial score (nSPS) is 18.7. The zero-order valence-corrected chi connectivity index (χ0v) is 12.6. The lowest BCUT2D eigenvalue weighted by molar-refractivity contribution is -0.146. The average molecular weight is 263 g/mol. The molecule has 0 fully saturated rings. The minimum absolute atomic E-state index is 0.0751. The van der Waals surface area contributed by atoms with Crippen LogP contribution in [0.4, 0.5) is 0 Å². The van der Waals surface area contributed by atoms with Crippen LogP contribution >= 0.6 is 0 Å². The maximum Gasteiger partial charge on any atom is 0.310 e. The van der Waals surface area contributed by atoms with Crippen LogP contribution in [0.5, 0.6) is 0 Å². The number of methoxy groups -OCH3 is 1. The molecule has 1 aliphatic rings. The van der Waals surface area contributed by atoms with Gasteiger partial charge in [0.1, 0.15) is 0 Å². The van der Waals surface area contributed by atoms with Crippen LogP contribution in [0.2, 0.25) is 0 Å². The molecule has 1 N–H and O–H groups in total. The molecule has 3 nitrogen and oxygen atoms in total. The number of aryl methyl sites for hydroxylation is 1. The molecule has 2 unspecified atom stereocenters. The fourth-order valence-corrected chi connectivity index (χ4v) is 2.59. The Morgan fingerprint density at radius 3 is 2.74 bits per heavy atom. The summed E-state index contributed by atoms with van der Waals surface area (Å²) in [7, 11) is 1.44. The van der Waals surface area contributed by atoms with Crippen molar-refractivity contribution in [2.75, 3.05) is 13.7 Å². The highest BCUT2D eigenvalue weighted by Gasteiger charge is 2.30. The minimum atomic E-state index is -0.156. The van der Waals surface area contributed by atoms with Gasteiger partial charge in [-0.05, 0) is 36.6 Å². The van der Waals surface area contributed by atoms with Gasteiger partial charge in [-0.2, -0.15) is 0 Å². The Balaban J connectivity index is 0.000000861. The van der Waals surface area contributed by atoms with Gasteiger partial charge < -0.3 is 10.1 Å². The van der Waals surface area contributed by atoms with Gasteiger partial charge in [-0.15, -0.1) is 0 Å². The van der Waals surface area contributed by atoms with Gasteiger partial charge in [0, 0.05) is 6.04 Å². The summed E-state index contributed by atoms with van der Waals surface area (Å²) in [6, 6.07) is 6.37. The number of carbonyl (C=O) groups is 1. The van der Waals surface area contributed by atoms with E-state index in [-0.39, 0.29) is 17.9 Å². The summed E-state index contributed by atoms with van der Waals surface area (Å²) < 4.78 is 4.83. The second-order valence-electron chi connectivity index (χ2n) is 4.64. The molecule has 0 saturated heterocycles. The number of ether oxygens (including phenoxy) is 1. The van der Waals surface area contributed by atoms with E-state index in [0.717, 1.165) is 13.0 Å². The van der Waals surface area contributed by atoms with Crippen LogP contribution in [0.15, 0.2) is 18.2 Å². The van der Waals surface area contributed by atoms with E-state index in [1.807, 2.05) is 20.8 Å². The topological polar surface area (TPSA) is 38.3 Å². The second-order valence-corrected chi connectivity index (χ2v) is 4.64. The number of rotatable bonds is 2. The third-order valence-corrected chi connectivity index (χ3v) is 3.59. The van der Waals surface area contributed by atoms with Crippen molar-refractivity contribution in [3.8, 4) is 0 Å². The van der Waals surface area contributed by atoms with Gasteiger partial charge in [-0.1, -0.05) is 39.0 Å². The monoisotopic (exact) mass is 263 g/mol. The van der Waals surface area contributed by atoms with E-state index in [0.29, 0.717) is 0 Å². The maximum atomic E-state index is 11.6. The molecule has 2 atom stereocenters. The number of hydrogen-bond acceptors (Lipinski definition) is 3. The smallest absolute Gasteiger partial charge is 0.310 e. The first-order valence-corrected chi connectivity index (χ1v) is 7.04. The van der Waals surface area contributed by atoms with E-state index in [9.17, 15) is 4.79 Å². The molecular formula is C16H25NO2. The zero-order chi connectivity index (χ0) is 14.4. The third kappa shape index (κ3) is 3.35. The van der Waals surface area contributed by atoms with Crippen LogP contribution in [0.3, 0.4) is 0 Å². The molecular weight excluding hydrogens is 238 g/mol. The summed E-state index contributed by atoms with van der Waals surface area (Å²) in [4.78, 5) is 11.6. The van der Waals surface area contributed by atoms with Crippen LogP contribution in [0, 0.1) is 12.8 Å². The van der Waals surface area contributed by atoms with Gasteiger partial charge in [0.15, 0.2) is 0 Å². The fraction of sp³-hybridized carbons (Fsp3) is 0.562. The van der Waals surface area contributed by atoms with Crippen LogP contribution in [-0.2, 0) is 16.0 Å². The highest BCUT2D eigenvalue weighted by atomic mass is 16.5. The summed E-state index contributed by atoms with van der Waals surface area (Å²) >= 11 is 0. The Morgan fingerprint density at radius 1 is 1.42 bits per heavy atom. The van der Waals surface area contributed by atoms with Crippen molar-refractivity contribution in [2.24, 2.45) is 5.92 Å². The fourth-order valence-electron chi connectivity index (χ4n) is 2.59. The van der Waals surface area contributed by atoms with Gasteiger partial charge >= 0.3 is 5.97 Å². The molecule has 0 radical (unpaired) electrons. The Morgan fingerprint density at radius 2 is 2.11 bits per heavy atom.